The number of anilines is 2. The van der Waals surface area contributed by atoms with Gasteiger partial charge in [-0.05, 0) is 115 Å². The number of allylic oxidation sites excluding steroid dienone is 1. The zero-order valence-electron chi connectivity index (χ0n) is 40.7. The van der Waals surface area contributed by atoms with Gasteiger partial charge in [-0.15, -0.1) is 6.58 Å². The fraction of sp³-hybridized carbons (Fsp3) is 0.404. The Morgan fingerprint density at radius 3 is 2.31 bits per heavy atom. The second kappa shape index (κ2) is 23.6. The topological polar surface area (TPSA) is 247 Å². The van der Waals surface area contributed by atoms with Crippen LogP contribution in [0.4, 0.5) is 21.9 Å². The van der Waals surface area contributed by atoms with Crippen molar-refractivity contribution in [2.75, 3.05) is 51.7 Å². The zero-order valence-corrected chi connectivity index (χ0v) is 41.5. The predicted molar refractivity (Wildman–Crippen MR) is 268 cm³/mol. The number of oxime groups is 1. The molecule has 1 aliphatic heterocycles. The summed E-state index contributed by atoms with van der Waals surface area (Å²) in [7, 11) is 0.0529. The van der Waals surface area contributed by atoms with Crippen LogP contribution in [0, 0.1) is 27.9 Å². The number of sulfonamides is 1. The van der Waals surface area contributed by atoms with Crippen molar-refractivity contribution in [3.63, 3.8) is 0 Å². The van der Waals surface area contributed by atoms with E-state index in [2.05, 4.69) is 23.3 Å². The first-order chi connectivity index (χ1) is 34.7. The molecule has 2 amide bonds. The van der Waals surface area contributed by atoms with Gasteiger partial charge in [-0.3, -0.25) is 20.2 Å². The van der Waals surface area contributed by atoms with Crippen LogP contribution in [0.1, 0.15) is 68.9 Å². The lowest BCUT2D eigenvalue weighted by Crippen LogP contribution is -2.69. The minimum Gasteiger partial charge on any atom is -0.497 e. The Morgan fingerprint density at radius 2 is 1.65 bits per heavy atom. The van der Waals surface area contributed by atoms with Crippen LogP contribution in [0.5, 0.6) is 23.0 Å². The number of non-ortho nitro benzene ring substituents is 1. The van der Waals surface area contributed by atoms with Crippen molar-refractivity contribution in [2.45, 2.75) is 81.1 Å². The van der Waals surface area contributed by atoms with Crippen LogP contribution in [0.25, 0.3) is 0 Å². The van der Waals surface area contributed by atoms with Crippen LogP contribution in [0.3, 0.4) is 0 Å². The number of benzene rings is 4. The van der Waals surface area contributed by atoms with Crippen molar-refractivity contribution in [3.8, 4) is 23.0 Å². The molecule has 7 rings (SSSR count). The number of nitro benzene ring substituents is 1. The summed E-state index contributed by atoms with van der Waals surface area (Å²) in [6.45, 7) is 5.12. The molecular formula is C52H61N5O14S. The number of nitrogens with zero attached hydrogens (tertiary/aromatic N) is 3. The van der Waals surface area contributed by atoms with E-state index in [9.17, 15) is 38.3 Å². The fourth-order valence-corrected chi connectivity index (χ4v) is 11.4. The summed E-state index contributed by atoms with van der Waals surface area (Å²) >= 11 is 0. The van der Waals surface area contributed by atoms with Crippen molar-refractivity contribution < 1.29 is 61.7 Å². The number of carbonyl (C=O) groups is 2. The van der Waals surface area contributed by atoms with Gasteiger partial charge in [-0.1, -0.05) is 30.1 Å². The third kappa shape index (κ3) is 11.6. The second-order valence-electron chi connectivity index (χ2n) is 17.8. The summed E-state index contributed by atoms with van der Waals surface area (Å²) < 4.78 is 62.0. The van der Waals surface area contributed by atoms with Gasteiger partial charge >= 0.3 is 6.09 Å². The number of hydrogen-bond acceptors (Lipinski definition) is 15. The number of likely N-dealkylation sites (N-methyl/N-ethyl adjacent to an activating group) is 1. The number of aliphatic hydroxyl groups is 2. The normalized spacial score (nSPS) is 21.6. The smallest absolute Gasteiger partial charge is 0.417 e. The SMILES string of the molecule is C=CCO[C@@]12Oc3ccc(OC(=O)Nc4ccc(OC)cc4OC)cc3[C@H]3[C@H](CCCCO)[C@@H](CCCCO)C=C(C(=NOCc4ccc([N+](=O)[O-])cc4)C[C@@H]1N(C)S(=O)(=O)c1ccc(NC(C)=O)cc1)[C@H]32. The molecule has 0 aromatic heterocycles. The quantitative estimate of drug-likeness (QED) is 0.0236. The molecule has 4 aromatic rings. The van der Waals surface area contributed by atoms with Crippen LogP contribution in [0.2, 0.25) is 0 Å². The number of methoxy groups -OCH3 is 2. The molecule has 384 valence electrons. The Bertz CT molecular complexity index is 2770. The van der Waals surface area contributed by atoms with E-state index in [0.717, 1.165) is 0 Å². The number of fused-ring (bicyclic) bond motifs is 2. The monoisotopic (exact) mass is 1010 g/mol. The minimum atomic E-state index is -4.38. The van der Waals surface area contributed by atoms with Gasteiger partial charge < -0.3 is 44.1 Å². The molecule has 2 aliphatic carbocycles. The maximum atomic E-state index is 15.0. The van der Waals surface area contributed by atoms with E-state index in [0.29, 0.717) is 89.6 Å². The van der Waals surface area contributed by atoms with Gasteiger partial charge in [0.05, 0.1) is 54.0 Å². The Labute approximate surface area is 418 Å². The molecule has 0 unspecified atom stereocenters. The minimum absolute atomic E-state index is 0.00743. The Kier molecular flexibility index (Phi) is 17.4. The van der Waals surface area contributed by atoms with Gasteiger partial charge in [-0.2, -0.15) is 4.31 Å². The van der Waals surface area contributed by atoms with Crippen molar-refractivity contribution >= 4 is 44.8 Å². The third-order valence-corrected chi connectivity index (χ3v) is 15.2. The summed E-state index contributed by atoms with van der Waals surface area (Å²) in [5.41, 5.74) is 3.00. The first kappa shape index (κ1) is 53.0. The second-order valence-corrected chi connectivity index (χ2v) is 19.8. The standard InChI is InChI=1S/C52H61N5O14S/c1-6-27-68-52-48(56(3)72(64,65)40-21-15-36(16-22-40)53-33(2)60)31-45(55-69-32-34-13-17-37(18-14-34)57(62)63)42-28-35(11-7-9-25-58)41(12-8-10-26-59)49(50(42)52)43-29-39(20-24-46(43)71-52)70-51(61)54-44-23-19-38(66-4)30-47(44)67-5/h6,13-24,28-30,35,41,48-50,58-59H,1,7-12,25-27,31-32H2,2-5H3,(H,53,60)(H,54,61)/t35-,41+,48-,49+,50+,52+/m0/s1. The number of unbranched alkanes of at least 4 members (excludes halogenated alkanes) is 2. The van der Waals surface area contributed by atoms with Crippen LogP contribution in [-0.4, -0.2) is 98.5 Å². The average Bonchev–Trinajstić information content (AvgIpc) is 3.37. The number of amides is 2. The Morgan fingerprint density at radius 1 is 0.944 bits per heavy atom. The molecular weight excluding hydrogens is 951 g/mol. The molecule has 0 radical (unpaired) electrons. The highest BCUT2D eigenvalue weighted by Crippen LogP contribution is 2.62. The van der Waals surface area contributed by atoms with Crippen LogP contribution >= 0.6 is 0 Å². The molecule has 19 nitrogen and oxygen atoms in total. The molecule has 20 heteroatoms. The van der Waals surface area contributed by atoms with E-state index in [1.165, 1.54) is 68.9 Å². The van der Waals surface area contributed by atoms with Gasteiger partial charge in [0.25, 0.3) is 5.69 Å². The first-order valence-corrected chi connectivity index (χ1v) is 25.1. The van der Waals surface area contributed by atoms with E-state index >= 15 is 0 Å². The molecule has 1 fully saturated rings. The van der Waals surface area contributed by atoms with E-state index in [1.807, 2.05) is 0 Å². The zero-order chi connectivity index (χ0) is 51.6. The highest BCUT2D eigenvalue weighted by Gasteiger charge is 2.65. The molecule has 4 aromatic carbocycles. The third-order valence-electron chi connectivity index (χ3n) is 13.3. The summed E-state index contributed by atoms with van der Waals surface area (Å²) in [4.78, 5) is 42.4. The van der Waals surface area contributed by atoms with Crippen molar-refractivity contribution in [2.24, 2.45) is 22.9 Å². The van der Waals surface area contributed by atoms with E-state index in [4.69, 9.17) is 33.7 Å². The van der Waals surface area contributed by atoms with Crippen molar-refractivity contribution in [1.29, 1.82) is 0 Å². The molecule has 4 N–H and O–H groups in total. The van der Waals surface area contributed by atoms with Gasteiger partial charge in [0, 0.05) is 69.0 Å². The first-order valence-electron chi connectivity index (χ1n) is 23.7. The van der Waals surface area contributed by atoms with E-state index in [1.54, 1.807) is 54.6 Å². The van der Waals surface area contributed by atoms with Crippen LogP contribution in [-0.2, 0) is 31.0 Å². The summed E-state index contributed by atoms with van der Waals surface area (Å²) in [6.07, 6.45) is 6.44. The number of ether oxygens (including phenoxy) is 5. The fourth-order valence-electron chi connectivity index (χ4n) is 10.1. The largest absolute Gasteiger partial charge is 0.497 e. The number of hydrogen-bond donors (Lipinski definition) is 4. The van der Waals surface area contributed by atoms with Crippen molar-refractivity contribution in [1.82, 2.24) is 4.31 Å². The lowest BCUT2D eigenvalue weighted by atomic mass is 9.55. The number of rotatable bonds is 23. The van der Waals surface area contributed by atoms with Gasteiger partial charge in [0.1, 0.15) is 29.6 Å². The lowest BCUT2D eigenvalue weighted by molar-refractivity contribution is -0.384. The van der Waals surface area contributed by atoms with Gasteiger partial charge in [0.2, 0.25) is 21.7 Å². The predicted octanol–water partition coefficient (Wildman–Crippen LogP) is 8.34. The molecule has 0 saturated heterocycles. The Hall–Kier alpha value is -6.84. The summed E-state index contributed by atoms with van der Waals surface area (Å²) in [5, 5.41) is 41.5. The average molecular weight is 1010 g/mol. The molecule has 0 bridgehead atoms. The molecule has 1 heterocycles. The van der Waals surface area contributed by atoms with Gasteiger partial charge in [0.15, 0.2) is 0 Å². The molecule has 3 aliphatic rings. The highest BCUT2D eigenvalue weighted by atomic mass is 32.2. The summed E-state index contributed by atoms with van der Waals surface area (Å²) in [6, 6.07) is 20.5. The number of carbonyl (C=O) groups excluding carboxylic acids is 2. The lowest BCUT2D eigenvalue weighted by Gasteiger charge is -2.59. The molecule has 72 heavy (non-hydrogen) atoms. The van der Waals surface area contributed by atoms with Crippen LogP contribution in [0.15, 0.2) is 119 Å². The highest BCUT2D eigenvalue weighted by molar-refractivity contribution is 7.89. The van der Waals surface area contributed by atoms with E-state index in [-0.39, 0.29) is 66.9 Å². The Balaban J connectivity index is 1.39. The molecule has 0 spiro atoms. The number of nitro groups is 1. The number of aliphatic hydroxyl groups excluding tert-OH is 2. The molecule has 6 atom stereocenters. The molecule has 1 saturated carbocycles. The van der Waals surface area contributed by atoms with Crippen LogP contribution < -0.4 is 29.6 Å². The summed E-state index contributed by atoms with van der Waals surface area (Å²) in [5.74, 6) is -2.36. The van der Waals surface area contributed by atoms with E-state index < -0.39 is 44.7 Å². The van der Waals surface area contributed by atoms with Gasteiger partial charge in [-0.25, -0.2) is 13.2 Å². The number of nitrogens with one attached hydrogen (secondary N) is 2. The van der Waals surface area contributed by atoms with Crippen molar-refractivity contribution in [3.05, 3.63) is 130 Å². The maximum Gasteiger partial charge on any atom is 0.417 e. The maximum absolute atomic E-state index is 15.0.